The standard InChI is InChI=1S/C19H20ClN3O4/c1-2-6-15(22-18(25)13-7-4-3-5-8-13)19(26)27-12-17(24)23-16-10-9-14(20)11-21-16/h3-5,7-11,15H,2,6,12H2,1H3,(H,22,25)(H,21,23,24)/t15-/m0/s1. The van der Waals surface area contributed by atoms with Gasteiger partial charge in [0.05, 0.1) is 5.02 Å². The van der Waals surface area contributed by atoms with Crippen LogP contribution in [0.4, 0.5) is 5.82 Å². The number of pyridine rings is 1. The summed E-state index contributed by atoms with van der Waals surface area (Å²) in [7, 11) is 0. The number of nitrogens with one attached hydrogen (secondary N) is 2. The Bertz CT molecular complexity index is 781. The van der Waals surface area contributed by atoms with Crippen LogP contribution in [0.5, 0.6) is 0 Å². The number of hydrogen-bond donors (Lipinski definition) is 2. The first kappa shape index (κ1) is 20.4. The van der Waals surface area contributed by atoms with Crippen LogP contribution in [0.25, 0.3) is 0 Å². The molecule has 2 aromatic rings. The molecule has 142 valence electrons. The zero-order valence-corrected chi connectivity index (χ0v) is 15.5. The van der Waals surface area contributed by atoms with Crippen LogP contribution in [-0.4, -0.2) is 35.4 Å². The highest BCUT2D eigenvalue weighted by molar-refractivity contribution is 6.30. The number of aromatic nitrogens is 1. The normalized spacial score (nSPS) is 11.3. The van der Waals surface area contributed by atoms with Crippen molar-refractivity contribution in [2.75, 3.05) is 11.9 Å². The van der Waals surface area contributed by atoms with Crippen LogP contribution in [0.2, 0.25) is 5.02 Å². The molecule has 0 radical (unpaired) electrons. The Balaban J connectivity index is 1.87. The van der Waals surface area contributed by atoms with Gasteiger partial charge in [0.1, 0.15) is 11.9 Å². The molecule has 0 unspecified atom stereocenters. The molecule has 1 heterocycles. The number of nitrogens with zero attached hydrogens (tertiary/aromatic N) is 1. The van der Waals surface area contributed by atoms with E-state index in [9.17, 15) is 14.4 Å². The Morgan fingerprint density at radius 3 is 2.52 bits per heavy atom. The summed E-state index contributed by atoms with van der Waals surface area (Å²) in [5.74, 6) is -1.29. The molecule has 1 aromatic carbocycles. The van der Waals surface area contributed by atoms with E-state index in [1.165, 1.54) is 12.3 Å². The number of ether oxygens (including phenoxy) is 1. The maximum atomic E-state index is 12.3. The molecule has 0 fully saturated rings. The maximum absolute atomic E-state index is 12.3. The summed E-state index contributed by atoms with van der Waals surface area (Å²) in [6.07, 6.45) is 2.45. The van der Waals surface area contributed by atoms with Crippen LogP contribution < -0.4 is 10.6 Å². The highest BCUT2D eigenvalue weighted by Crippen LogP contribution is 2.09. The van der Waals surface area contributed by atoms with Crippen LogP contribution >= 0.6 is 11.6 Å². The van der Waals surface area contributed by atoms with Crippen LogP contribution in [-0.2, 0) is 14.3 Å². The van der Waals surface area contributed by atoms with Crippen molar-refractivity contribution in [3.63, 3.8) is 0 Å². The van der Waals surface area contributed by atoms with Crippen molar-refractivity contribution in [2.24, 2.45) is 0 Å². The van der Waals surface area contributed by atoms with Gasteiger partial charge in [-0.2, -0.15) is 0 Å². The van der Waals surface area contributed by atoms with Crippen LogP contribution in [0.1, 0.15) is 30.1 Å². The third-order valence-corrected chi connectivity index (χ3v) is 3.77. The molecule has 1 aromatic heterocycles. The summed E-state index contributed by atoms with van der Waals surface area (Å²) in [6, 6.07) is 10.8. The van der Waals surface area contributed by atoms with Gasteiger partial charge in [0.25, 0.3) is 11.8 Å². The second kappa shape index (κ2) is 10.3. The monoisotopic (exact) mass is 389 g/mol. The summed E-state index contributed by atoms with van der Waals surface area (Å²) in [5, 5.41) is 5.57. The van der Waals surface area contributed by atoms with Gasteiger partial charge < -0.3 is 15.4 Å². The van der Waals surface area contributed by atoms with E-state index in [0.29, 0.717) is 29.2 Å². The minimum absolute atomic E-state index is 0.294. The fourth-order valence-corrected chi connectivity index (χ4v) is 2.35. The third-order valence-electron chi connectivity index (χ3n) is 3.54. The first-order valence-electron chi connectivity index (χ1n) is 8.43. The number of rotatable bonds is 8. The zero-order chi connectivity index (χ0) is 19.6. The van der Waals surface area contributed by atoms with Crippen molar-refractivity contribution in [3.05, 3.63) is 59.2 Å². The Morgan fingerprint density at radius 2 is 1.89 bits per heavy atom. The van der Waals surface area contributed by atoms with Gasteiger partial charge in [-0.1, -0.05) is 43.1 Å². The van der Waals surface area contributed by atoms with Gasteiger partial charge in [0.2, 0.25) is 0 Å². The number of hydrogen-bond acceptors (Lipinski definition) is 5. The van der Waals surface area contributed by atoms with E-state index in [0.717, 1.165) is 0 Å². The van der Waals surface area contributed by atoms with Gasteiger partial charge in [0, 0.05) is 11.8 Å². The molecule has 2 rings (SSSR count). The van der Waals surface area contributed by atoms with Crippen molar-refractivity contribution in [1.29, 1.82) is 0 Å². The fourth-order valence-electron chi connectivity index (χ4n) is 2.23. The number of halogens is 1. The SMILES string of the molecule is CCC[C@H](NC(=O)c1ccccc1)C(=O)OCC(=O)Nc1ccc(Cl)cn1. The smallest absolute Gasteiger partial charge is 0.329 e. The first-order chi connectivity index (χ1) is 13.0. The fraction of sp³-hybridized carbons (Fsp3) is 0.263. The number of esters is 1. The highest BCUT2D eigenvalue weighted by atomic mass is 35.5. The Morgan fingerprint density at radius 1 is 1.15 bits per heavy atom. The molecule has 0 aliphatic rings. The second-order valence-electron chi connectivity index (χ2n) is 5.70. The molecule has 0 spiro atoms. The van der Waals surface area contributed by atoms with Gasteiger partial charge in [-0.3, -0.25) is 9.59 Å². The summed E-state index contributed by atoms with van der Waals surface area (Å²) in [4.78, 5) is 40.3. The summed E-state index contributed by atoms with van der Waals surface area (Å²) >= 11 is 5.72. The van der Waals surface area contributed by atoms with Crippen molar-refractivity contribution in [2.45, 2.75) is 25.8 Å². The summed E-state index contributed by atoms with van der Waals surface area (Å²) < 4.78 is 5.03. The van der Waals surface area contributed by atoms with E-state index in [1.54, 1.807) is 36.4 Å². The molecule has 1 atom stereocenters. The summed E-state index contributed by atoms with van der Waals surface area (Å²) in [6.45, 7) is 1.40. The lowest BCUT2D eigenvalue weighted by Gasteiger charge is -2.17. The Kier molecular flexibility index (Phi) is 7.76. The predicted molar refractivity (Wildman–Crippen MR) is 101 cm³/mol. The van der Waals surface area contributed by atoms with Gasteiger partial charge >= 0.3 is 5.97 Å². The van der Waals surface area contributed by atoms with Gasteiger partial charge in [-0.25, -0.2) is 9.78 Å². The molecule has 0 saturated carbocycles. The van der Waals surface area contributed by atoms with Crippen molar-refractivity contribution in [3.8, 4) is 0 Å². The van der Waals surface area contributed by atoms with Crippen LogP contribution in [0.15, 0.2) is 48.7 Å². The van der Waals surface area contributed by atoms with E-state index in [1.807, 2.05) is 6.92 Å². The predicted octanol–water partition coefficient (Wildman–Crippen LogP) is 2.82. The number of amides is 2. The molecule has 2 N–H and O–H groups in total. The molecule has 0 bridgehead atoms. The molecular weight excluding hydrogens is 370 g/mol. The highest BCUT2D eigenvalue weighted by Gasteiger charge is 2.23. The van der Waals surface area contributed by atoms with E-state index in [-0.39, 0.29) is 5.91 Å². The topological polar surface area (TPSA) is 97.4 Å². The molecule has 0 aliphatic carbocycles. The van der Waals surface area contributed by atoms with E-state index in [2.05, 4.69) is 15.6 Å². The van der Waals surface area contributed by atoms with E-state index in [4.69, 9.17) is 16.3 Å². The molecule has 8 heteroatoms. The van der Waals surface area contributed by atoms with E-state index >= 15 is 0 Å². The Hall–Kier alpha value is -2.93. The minimum atomic E-state index is -0.829. The van der Waals surface area contributed by atoms with Crippen molar-refractivity contribution < 1.29 is 19.1 Å². The molecule has 0 aliphatic heterocycles. The van der Waals surface area contributed by atoms with Crippen molar-refractivity contribution >= 4 is 35.2 Å². The van der Waals surface area contributed by atoms with E-state index < -0.39 is 24.5 Å². The van der Waals surface area contributed by atoms with Crippen LogP contribution in [0, 0.1) is 0 Å². The number of carbonyl (C=O) groups is 3. The first-order valence-corrected chi connectivity index (χ1v) is 8.81. The van der Waals surface area contributed by atoms with Gasteiger partial charge in [0.15, 0.2) is 6.61 Å². The average molecular weight is 390 g/mol. The molecule has 0 saturated heterocycles. The zero-order valence-electron chi connectivity index (χ0n) is 14.8. The Labute approximate surface area is 162 Å². The summed E-state index contributed by atoms with van der Waals surface area (Å²) in [5.41, 5.74) is 0.443. The van der Waals surface area contributed by atoms with Crippen LogP contribution in [0.3, 0.4) is 0 Å². The number of anilines is 1. The number of carbonyl (C=O) groups excluding carboxylic acids is 3. The molecule has 7 nitrogen and oxygen atoms in total. The number of benzene rings is 1. The van der Waals surface area contributed by atoms with Gasteiger partial charge in [-0.15, -0.1) is 0 Å². The molecular formula is C19H20ClN3O4. The second-order valence-corrected chi connectivity index (χ2v) is 6.13. The lowest BCUT2D eigenvalue weighted by atomic mass is 10.1. The lowest BCUT2D eigenvalue weighted by Crippen LogP contribution is -2.42. The maximum Gasteiger partial charge on any atom is 0.329 e. The third kappa shape index (κ3) is 6.71. The molecule has 2 amide bonds. The van der Waals surface area contributed by atoms with Gasteiger partial charge in [-0.05, 0) is 30.7 Å². The average Bonchev–Trinajstić information content (AvgIpc) is 2.68. The minimum Gasteiger partial charge on any atom is -0.454 e. The molecule has 27 heavy (non-hydrogen) atoms. The lowest BCUT2D eigenvalue weighted by molar-refractivity contribution is -0.149. The quantitative estimate of drug-likeness (QED) is 0.676. The van der Waals surface area contributed by atoms with Crippen molar-refractivity contribution in [1.82, 2.24) is 10.3 Å². The largest absolute Gasteiger partial charge is 0.454 e.